The minimum absolute atomic E-state index is 0.180. The first kappa shape index (κ1) is 16.8. The van der Waals surface area contributed by atoms with Crippen molar-refractivity contribution in [2.24, 2.45) is 0 Å². The third-order valence-corrected chi connectivity index (χ3v) is 3.51. The lowest BCUT2D eigenvalue weighted by Crippen LogP contribution is -2.26. The average molecular weight is 341 g/mol. The van der Waals surface area contributed by atoms with Gasteiger partial charge in [-0.2, -0.15) is 4.98 Å². The summed E-state index contributed by atoms with van der Waals surface area (Å²) in [5, 5.41) is 6.64. The monoisotopic (exact) mass is 341 g/mol. The maximum atomic E-state index is 13.0. The minimum atomic E-state index is -0.327. The van der Waals surface area contributed by atoms with Crippen molar-refractivity contribution >= 4 is 5.91 Å². The molecular formula is C18H16FN3O3. The van der Waals surface area contributed by atoms with Crippen LogP contribution in [0.25, 0.3) is 22.8 Å². The molecule has 0 fully saturated rings. The summed E-state index contributed by atoms with van der Waals surface area (Å²) in [5.41, 5.74) is 1.87. The lowest BCUT2D eigenvalue weighted by molar-refractivity contribution is 0.0937. The molecule has 1 aromatic heterocycles. The zero-order chi connectivity index (χ0) is 17.6. The smallest absolute Gasteiger partial charge is 0.258 e. The van der Waals surface area contributed by atoms with Gasteiger partial charge in [-0.1, -0.05) is 5.16 Å². The first-order chi connectivity index (χ1) is 12.2. The number of nitrogens with zero attached hydrogens (tertiary/aromatic N) is 2. The van der Waals surface area contributed by atoms with Crippen LogP contribution in [0.1, 0.15) is 10.4 Å². The van der Waals surface area contributed by atoms with Gasteiger partial charge in [0.1, 0.15) is 5.82 Å². The molecule has 7 heteroatoms. The van der Waals surface area contributed by atoms with Crippen molar-refractivity contribution in [2.75, 3.05) is 20.3 Å². The highest BCUT2D eigenvalue weighted by atomic mass is 19.1. The Balaban J connectivity index is 1.72. The summed E-state index contributed by atoms with van der Waals surface area (Å²) in [5.74, 6) is 0.190. The molecule has 0 aliphatic carbocycles. The van der Waals surface area contributed by atoms with E-state index < -0.39 is 0 Å². The quantitative estimate of drug-likeness (QED) is 0.698. The lowest BCUT2D eigenvalue weighted by atomic mass is 10.1. The standard InChI is InChI=1S/C18H16FN3O3/c1-24-11-10-20-17(23)13-2-4-14(5-3-13)18-21-16(22-25-18)12-6-8-15(19)9-7-12/h2-9H,10-11H2,1H3,(H,20,23). The van der Waals surface area contributed by atoms with Gasteiger partial charge in [-0.3, -0.25) is 4.79 Å². The molecule has 3 aromatic rings. The summed E-state index contributed by atoms with van der Waals surface area (Å²) in [4.78, 5) is 16.2. The Labute approximate surface area is 143 Å². The molecule has 6 nitrogen and oxygen atoms in total. The zero-order valence-corrected chi connectivity index (χ0v) is 13.5. The first-order valence-corrected chi connectivity index (χ1v) is 7.64. The molecule has 1 amide bonds. The van der Waals surface area contributed by atoms with Crippen LogP contribution in [0.4, 0.5) is 4.39 Å². The Bertz CT molecular complexity index is 845. The van der Waals surface area contributed by atoms with Crippen LogP contribution in [0.15, 0.2) is 53.1 Å². The molecule has 3 rings (SSSR count). The number of benzene rings is 2. The molecule has 0 radical (unpaired) electrons. The second kappa shape index (κ2) is 7.67. The highest BCUT2D eigenvalue weighted by Crippen LogP contribution is 2.22. The maximum Gasteiger partial charge on any atom is 0.258 e. The fourth-order valence-corrected chi connectivity index (χ4v) is 2.19. The van der Waals surface area contributed by atoms with Crippen LogP contribution < -0.4 is 5.32 Å². The summed E-state index contributed by atoms with van der Waals surface area (Å²) >= 11 is 0. The number of methoxy groups -OCH3 is 1. The SMILES string of the molecule is COCCNC(=O)c1ccc(-c2nc(-c3ccc(F)cc3)no2)cc1. The van der Waals surface area contributed by atoms with E-state index in [0.29, 0.717) is 41.6 Å². The number of rotatable bonds is 6. The maximum absolute atomic E-state index is 13.0. The topological polar surface area (TPSA) is 77.2 Å². The van der Waals surface area contributed by atoms with E-state index in [1.54, 1.807) is 43.5 Å². The number of hydrogen-bond acceptors (Lipinski definition) is 5. The van der Waals surface area contributed by atoms with Crippen molar-refractivity contribution in [3.8, 4) is 22.8 Å². The molecule has 128 valence electrons. The van der Waals surface area contributed by atoms with Gasteiger partial charge in [-0.25, -0.2) is 4.39 Å². The van der Waals surface area contributed by atoms with Crippen molar-refractivity contribution in [3.05, 3.63) is 59.9 Å². The van der Waals surface area contributed by atoms with Crippen molar-refractivity contribution in [3.63, 3.8) is 0 Å². The molecule has 0 bridgehead atoms. The molecule has 0 unspecified atom stereocenters. The van der Waals surface area contributed by atoms with E-state index in [2.05, 4.69) is 15.5 Å². The van der Waals surface area contributed by atoms with Gasteiger partial charge in [0.25, 0.3) is 11.8 Å². The summed E-state index contributed by atoms with van der Waals surface area (Å²) in [6.45, 7) is 0.903. The molecule has 1 N–H and O–H groups in total. The molecule has 1 heterocycles. The molecule has 25 heavy (non-hydrogen) atoms. The Morgan fingerprint density at radius 1 is 1.12 bits per heavy atom. The van der Waals surface area contributed by atoms with E-state index in [9.17, 15) is 9.18 Å². The molecule has 0 aliphatic heterocycles. The van der Waals surface area contributed by atoms with Crippen molar-refractivity contribution in [2.45, 2.75) is 0 Å². The van der Waals surface area contributed by atoms with Gasteiger partial charge in [0.2, 0.25) is 5.82 Å². The second-order valence-electron chi connectivity index (χ2n) is 5.26. The molecule has 0 atom stereocenters. The Kier molecular flexibility index (Phi) is 5.15. The van der Waals surface area contributed by atoms with Crippen LogP contribution in [0.5, 0.6) is 0 Å². The predicted octanol–water partition coefficient (Wildman–Crippen LogP) is 2.92. The zero-order valence-electron chi connectivity index (χ0n) is 13.5. The summed E-state index contributed by atoms with van der Waals surface area (Å²) in [6.07, 6.45) is 0. The molecular weight excluding hydrogens is 325 g/mol. The van der Waals surface area contributed by atoms with Crippen molar-refractivity contribution < 1.29 is 18.4 Å². The number of hydrogen-bond donors (Lipinski definition) is 1. The van der Waals surface area contributed by atoms with Crippen LogP contribution in [0.2, 0.25) is 0 Å². The predicted molar refractivity (Wildman–Crippen MR) is 89.3 cm³/mol. The van der Waals surface area contributed by atoms with E-state index in [4.69, 9.17) is 9.26 Å². The van der Waals surface area contributed by atoms with E-state index in [1.165, 1.54) is 12.1 Å². The van der Waals surface area contributed by atoms with Gasteiger partial charge < -0.3 is 14.6 Å². The van der Waals surface area contributed by atoms with Gasteiger partial charge >= 0.3 is 0 Å². The number of amides is 1. The van der Waals surface area contributed by atoms with E-state index in [1.807, 2.05) is 0 Å². The molecule has 2 aromatic carbocycles. The summed E-state index contributed by atoms with van der Waals surface area (Å²) in [6, 6.07) is 12.7. The van der Waals surface area contributed by atoms with E-state index >= 15 is 0 Å². The third kappa shape index (κ3) is 4.07. The molecule has 0 saturated heterocycles. The number of halogens is 1. The van der Waals surface area contributed by atoms with E-state index in [-0.39, 0.29) is 11.7 Å². The van der Waals surface area contributed by atoms with Crippen LogP contribution in [-0.4, -0.2) is 36.3 Å². The number of carbonyl (C=O) groups excluding carboxylic acids is 1. The van der Waals surface area contributed by atoms with Gasteiger partial charge in [0, 0.05) is 30.3 Å². The number of nitrogens with one attached hydrogen (secondary N) is 1. The fraction of sp³-hybridized carbons (Fsp3) is 0.167. The molecule has 0 saturated carbocycles. The van der Waals surface area contributed by atoms with Gasteiger partial charge in [-0.15, -0.1) is 0 Å². The fourth-order valence-electron chi connectivity index (χ4n) is 2.19. The summed E-state index contributed by atoms with van der Waals surface area (Å²) < 4.78 is 23.1. The van der Waals surface area contributed by atoms with Crippen LogP contribution in [0, 0.1) is 5.82 Å². The Hall–Kier alpha value is -3.06. The highest BCUT2D eigenvalue weighted by molar-refractivity contribution is 5.94. The van der Waals surface area contributed by atoms with Crippen LogP contribution in [-0.2, 0) is 4.74 Å². The third-order valence-electron chi connectivity index (χ3n) is 3.51. The Morgan fingerprint density at radius 3 is 2.48 bits per heavy atom. The second-order valence-corrected chi connectivity index (χ2v) is 5.26. The molecule has 0 spiro atoms. The number of ether oxygens (including phenoxy) is 1. The first-order valence-electron chi connectivity index (χ1n) is 7.64. The highest BCUT2D eigenvalue weighted by Gasteiger charge is 2.12. The van der Waals surface area contributed by atoms with Crippen LogP contribution >= 0.6 is 0 Å². The average Bonchev–Trinajstić information content (AvgIpc) is 3.13. The lowest BCUT2D eigenvalue weighted by Gasteiger charge is -2.04. The number of aromatic nitrogens is 2. The van der Waals surface area contributed by atoms with Gasteiger partial charge in [0.05, 0.1) is 6.61 Å². The summed E-state index contributed by atoms with van der Waals surface area (Å²) in [7, 11) is 1.57. The minimum Gasteiger partial charge on any atom is -0.383 e. The van der Waals surface area contributed by atoms with Gasteiger partial charge in [-0.05, 0) is 48.5 Å². The Morgan fingerprint density at radius 2 is 1.80 bits per heavy atom. The van der Waals surface area contributed by atoms with Crippen LogP contribution in [0.3, 0.4) is 0 Å². The van der Waals surface area contributed by atoms with Crippen molar-refractivity contribution in [1.82, 2.24) is 15.5 Å². The van der Waals surface area contributed by atoms with Gasteiger partial charge in [0.15, 0.2) is 0 Å². The largest absolute Gasteiger partial charge is 0.383 e. The van der Waals surface area contributed by atoms with Crippen molar-refractivity contribution in [1.29, 1.82) is 0 Å². The number of carbonyl (C=O) groups is 1. The van der Waals surface area contributed by atoms with E-state index in [0.717, 1.165) is 0 Å². The normalized spacial score (nSPS) is 10.6. The molecule has 0 aliphatic rings.